The minimum absolute atomic E-state index is 0.556. The van der Waals surface area contributed by atoms with Crippen LogP contribution in [0, 0.1) is 0 Å². The second-order valence-electron chi connectivity index (χ2n) is 3.87. The molecule has 5 heteroatoms. The van der Waals surface area contributed by atoms with Gasteiger partial charge in [0.05, 0.1) is 18.0 Å². The number of benzene rings is 2. The summed E-state index contributed by atoms with van der Waals surface area (Å²) in [7, 11) is 9.78. The van der Waals surface area contributed by atoms with Crippen molar-refractivity contribution >= 4 is 30.0 Å². The number of anilines is 2. The average Bonchev–Trinajstić information content (AvgIpc) is 2.51. The van der Waals surface area contributed by atoms with Crippen LogP contribution in [-0.2, 0) is 21.9 Å². The zero-order valence-electron chi connectivity index (χ0n) is 11.3. The molecule has 0 bridgehead atoms. The Morgan fingerprint density at radius 1 is 0.900 bits per heavy atom. The molecule has 0 aliphatic heterocycles. The number of para-hydroxylation sites is 2. The quantitative estimate of drug-likeness (QED) is 0.520. The molecule has 0 saturated heterocycles. The fourth-order valence-electron chi connectivity index (χ4n) is 1.61. The molecular weight excluding hydrogens is 329 g/mol. The first-order chi connectivity index (χ1) is 9.83. The molecule has 2 aromatic carbocycles. The zero-order valence-corrected chi connectivity index (χ0v) is 14.4. The molecule has 0 aliphatic carbocycles. The molecule has 0 amide bonds. The van der Waals surface area contributed by atoms with Crippen molar-refractivity contribution < 1.29 is 21.9 Å². The van der Waals surface area contributed by atoms with E-state index < -0.39 is 17.0 Å². The van der Waals surface area contributed by atoms with Gasteiger partial charge in [0.25, 0.3) is 0 Å². The summed E-state index contributed by atoms with van der Waals surface area (Å²) in [6.45, 7) is 2.82. The third-order valence-electron chi connectivity index (χ3n) is 2.41. The number of nitrogens with zero attached hydrogens (tertiary/aromatic N) is 1. The van der Waals surface area contributed by atoms with Gasteiger partial charge in [-0.15, -0.1) is 0 Å². The number of rotatable bonds is 5. The van der Waals surface area contributed by atoms with Crippen molar-refractivity contribution in [2.24, 2.45) is 0 Å². The third-order valence-corrected chi connectivity index (χ3v) is 2.41. The maximum absolute atomic E-state index is 5.80. The Labute approximate surface area is 137 Å². The van der Waals surface area contributed by atoms with Crippen LogP contribution in [0.25, 0.3) is 0 Å². The Bertz CT molecular complexity index is 416. The molecule has 0 fully saturated rings. The molecule has 20 heavy (non-hydrogen) atoms. The summed E-state index contributed by atoms with van der Waals surface area (Å²) in [4.78, 5) is 5.80. The van der Waals surface area contributed by atoms with Crippen LogP contribution in [-0.4, -0.2) is 6.61 Å². The van der Waals surface area contributed by atoms with E-state index in [0.717, 1.165) is 17.8 Å². The van der Waals surface area contributed by atoms with E-state index in [1.807, 2.05) is 65.7 Å². The Balaban J connectivity index is 0.000000612. The fourth-order valence-corrected chi connectivity index (χ4v) is 1.61. The van der Waals surface area contributed by atoms with E-state index in [1.165, 1.54) is 0 Å². The van der Waals surface area contributed by atoms with Gasteiger partial charge in [-0.05, 0) is 30.7 Å². The molecule has 106 valence electrons. The SMILES string of the molecule is CCCON(c1ccccc1)c1ccccc1.[Cl][Ti][Cl]. The summed E-state index contributed by atoms with van der Waals surface area (Å²) in [5.41, 5.74) is 2.10. The van der Waals surface area contributed by atoms with Crippen molar-refractivity contribution in [2.75, 3.05) is 11.7 Å². The Kier molecular flexibility index (Phi) is 9.81. The summed E-state index contributed by atoms with van der Waals surface area (Å²) >= 11 is -0.556. The van der Waals surface area contributed by atoms with E-state index in [4.69, 9.17) is 23.4 Å². The summed E-state index contributed by atoms with van der Waals surface area (Å²) in [5.74, 6) is 0. The van der Waals surface area contributed by atoms with Crippen LogP contribution in [0.4, 0.5) is 11.4 Å². The molecule has 2 aromatic rings. The van der Waals surface area contributed by atoms with Gasteiger partial charge >= 0.3 is 35.6 Å². The van der Waals surface area contributed by atoms with E-state index in [2.05, 4.69) is 6.92 Å². The molecule has 0 aliphatic rings. The van der Waals surface area contributed by atoms with Crippen LogP contribution in [0.15, 0.2) is 60.7 Å². The van der Waals surface area contributed by atoms with Crippen LogP contribution in [0.1, 0.15) is 13.3 Å². The van der Waals surface area contributed by atoms with E-state index >= 15 is 0 Å². The van der Waals surface area contributed by atoms with E-state index in [1.54, 1.807) is 0 Å². The summed E-state index contributed by atoms with van der Waals surface area (Å²) in [6.07, 6.45) is 0.996. The van der Waals surface area contributed by atoms with Gasteiger partial charge in [-0.1, -0.05) is 43.3 Å². The van der Waals surface area contributed by atoms with Gasteiger partial charge in [-0.3, -0.25) is 4.84 Å². The van der Waals surface area contributed by atoms with Gasteiger partial charge in [0.2, 0.25) is 0 Å². The predicted octanol–water partition coefficient (Wildman–Crippen LogP) is 5.54. The second-order valence-corrected chi connectivity index (χ2v) is 6.45. The first kappa shape index (κ1) is 17.5. The molecule has 0 saturated carbocycles. The monoisotopic (exact) mass is 345 g/mol. The summed E-state index contributed by atoms with van der Waals surface area (Å²) in [6, 6.07) is 20.2. The zero-order chi connectivity index (χ0) is 14.6. The first-order valence-corrected chi connectivity index (χ1v) is 10.6. The van der Waals surface area contributed by atoms with Gasteiger partial charge < -0.3 is 0 Å². The molecule has 2 nitrogen and oxygen atoms in total. The topological polar surface area (TPSA) is 12.5 Å². The minimum atomic E-state index is -0.556. The molecule has 0 N–H and O–H groups in total. The molecule has 0 radical (unpaired) electrons. The molecule has 2 rings (SSSR count). The number of hydrogen-bond acceptors (Lipinski definition) is 2. The van der Waals surface area contributed by atoms with Crippen molar-refractivity contribution in [2.45, 2.75) is 13.3 Å². The van der Waals surface area contributed by atoms with Crippen molar-refractivity contribution in [3.63, 3.8) is 0 Å². The standard InChI is InChI=1S/C15H17NO.2ClH.Ti/c1-2-13-17-16(14-9-5-3-6-10-14)15-11-7-4-8-12-15;;;/h3-12H,2,13H2,1H3;2*1H;/q;;;+2/p-2. The van der Waals surface area contributed by atoms with Gasteiger partial charge in [0, 0.05) is 0 Å². The van der Waals surface area contributed by atoms with Crippen LogP contribution in [0.3, 0.4) is 0 Å². The van der Waals surface area contributed by atoms with Gasteiger partial charge in [0.1, 0.15) is 0 Å². The van der Waals surface area contributed by atoms with Gasteiger partial charge in [0.15, 0.2) is 0 Å². The van der Waals surface area contributed by atoms with Crippen LogP contribution in [0.2, 0.25) is 0 Å². The van der Waals surface area contributed by atoms with Crippen molar-refractivity contribution in [3.05, 3.63) is 60.7 Å². The molecule has 0 spiro atoms. The molecular formula is C15H17Cl2NOTi. The van der Waals surface area contributed by atoms with Crippen molar-refractivity contribution in [3.8, 4) is 0 Å². The Morgan fingerprint density at radius 2 is 1.30 bits per heavy atom. The Hall–Kier alpha value is -0.506. The third kappa shape index (κ3) is 6.30. The molecule has 0 aromatic heterocycles. The normalized spacial score (nSPS) is 9.35. The summed E-state index contributed by atoms with van der Waals surface area (Å²) < 4.78 is 0. The van der Waals surface area contributed by atoms with E-state index in [0.29, 0.717) is 6.61 Å². The van der Waals surface area contributed by atoms with Gasteiger partial charge in [-0.25, -0.2) is 5.06 Å². The van der Waals surface area contributed by atoms with Crippen molar-refractivity contribution in [1.29, 1.82) is 0 Å². The second kappa shape index (κ2) is 11.2. The number of halogens is 2. The average molecular weight is 346 g/mol. The maximum atomic E-state index is 5.80. The Morgan fingerprint density at radius 3 is 1.65 bits per heavy atom. The van der Waals surface area contributed by atoms with Crippen LogP contribution in [0.5, 0.6) is 0 Å². The molecule has 0 heterocycles. The number of hydrogen-bond donors (Lipinski definition) is 0. The van der Waals surface area contributed by atoms with Gasteiger partial charge in [-0.2, -0.15) is 0 Å². The van der Waals surface area contributed by atoms with Crippen LogP contribution < -0.4 is 5.06 Å². The first-order valence-electron chi connectivity index (χ1n) is 6.32. The van der Waals surface area contributed by atoms with Crippen molar-refractivity contribution in [1.82, 2.24) is 0 Å². The molecule has 0 atom stereocenters. The van der Waals surface area contributed by atoms with E-state index in [9.17, 15) is 0 Å². The van der Waals surface area contributed by atoms with E-state index in [-0.39, 0.29) is 0 Å². The fraction of sp³-hybridized carbons (Fsp3) is 0.200. The molecule has 0 unspecified atom stereocenters. The summed E-state index contributed by atoms with van der Waals surface area (Å²) in [5, 5.41) is 1.88. The van der Waals surface area contributed by atoms with Crippen LogP contribution >= 0.6 is 18.6 Å². The predicted molar refractivity (Wildman–Crippen MR) is 83.0 cm³/mol.